The number of carbonyl (C=O) groups is 1. The Balaban J connectivity index is 2.11. The molecule has 0 fully saturated rings. The molecular formula is C16H22N4O. The van der Waals surface area contributed by atoms with Crippen LogP contribution >= 0.6 is 0 Å². The SMILES string of the molecule is Cc1nn(C)c(C)c1CNC(=O)C(C)(N)c1ccccc1. The summed E-state index contributed by atoms with van der Waals surface area (Å²) in [5.41, 5.74) is 8.95. The number of hydrogen-bond donors (Lipinski definition) is 2. The van der Waals surface area contributed by atoms with Crippen LogP contribution in [0.3, 0.4) is 0 Å². The normalized spacial score (nSPS) is 13.8. The van der Waals surface area contributed by atoms with E-state index in [9.17, 15) is 4.79 Å². The van der Waals surface area contributed by atoms with Crippen LogP contribution in [0, 0.1) is 13.8 Å². The highest BCUT2D eigenvalue weighted by molar-refractivity contribution is 5.86. The van der Waals surface area contributed by atoms with Gasteiger partial charge in [0, 0.05) is 24.8 Å². The smallest absolute Gasteiger partial charge is 0.244 e. The van der Waals surface area contributed by atoms with Gasteiger partial charge in [-0.15, -0.1) is 0 Å². The molecule has 1 heterocycles. The number of carbonyl (C=O) groups excluding carboxylic acids is 1. The molecule has 21 heavy (non-hydrogen) atoms. The van der Waals surface area contributed by atoms with E-state index in [1.165, 1.54) is 0 Å². The van der Waals surface area contributed by atoms with Gasteiger partial charge in [0.25, 0.3) is 0 Å². The third-order valence-corrected chi connectivity index (χ3v) is 3.93. The first-order valence-corrected chi connectivity index (χ1v) is 6.96. The van der Waals surface area contributed by atoms with Crippen LogP contribution in [0.15, 0.2) is 30.3 Å². The van der Waals surface area contributed by atoms with Crippen LogP contribution in [0.25, 0.3) is 0 Å². The van der Waals surface area contributed by atoms with Gasteiger partial charge in [0.1, 0.15) is 5.54 Å². The highest BCUT2D eigenvalue weighted by atomic mass is 16.2. The van der Waals surface area contributed by atoms with Gasteiger partial charge in [-0.1, -0.05) is 30.3 Å². The summed E-state index contributed by atoms with van der Waals surface area (Å²) in [6.45, 7) is 6.08. The maximum absolute atomic E-state index is 12.4. The number of aromatic nitrogens is 2. The van der Waals surface area contributed by atoms with E-state index in [0.717, 1.165) is 22.5 Å². The molecule has 5 heteroatoms. The molecule has 3 N–H and O–H groups in total. The number of rotatable bonds is 4. The van der Waals surface area contributed by atoms with Crippen LogP contribution in [-0.2, 0) is 23.9 Å². The van der Waals surface area contributed by atoms with Gasteiger partial charge in [0.2, 0.25) is 5.91 Å². The van der Waals surface area contributed by atoms with E-state index in [-0.39, 0.29) is 5.91 Å². The minimum atomic E-state index is -1.05. The van der Waals surface area contributed by atoms with Crippen molar-refractivity contribution in [2.24, 2.45) is 12.8 Å². The maximum Gasteiger partial charge on any atom is 0.244 e. The highest BCUT2D eigenvalue weighted by Gasteiger charge is 2.30. The average molecular weight is 286 g/mol. The molecule has 5 nitrogen and oxygen atoms in total. The number of benzene rings is 1. The van der Waals surface area contributed by atoms with Crippen LogP contribution in [0.4, 0.5) is 0 Å². The van der Waals surface area contributed by atoms with E-state index < -0.39 is 5.54 Å². The van der Waals surface area contributed by atoms with Crippen molar-refractivity contribution in [1.29, 1.82) is 0 Å². The molecule has 0 aliphatic heterocycles. The summed E-state index contributed by atoms with van der Waals surface area (Å²) in [5, 5.41) is 7.26. The topological polar surface area (TPSA) is 72.9 Å². The van der Waals surface area contributed by atoms with Crippen LogP contribution < -0.4 is 11.1 Å². The number of nitrogens with two attached hydrogens (primary N) is 1. The van der Waals surface area contributed by atoms with Crippen molar-refractivity contribution in [3.05, 3.63) is 52.8 Å². The molecule has 0 saturated carbocycles. The zero-order valence-corrected chi connectivity index (χ0v) is 13.0. The lowest BCUT2D eigenvalue weighted by Crippen LogP contribution is -2.48. The summed E-state index contributed by atoms with van der Waals surface area (Å²) in [7, 11) is 1.89. The van der Waals surface area contributed by atoms with Crippen molar-refractivity contribution in [3.8, 4) is 0 Å². The van der Waals surface area contributed by atoms with E-state index in [1.807, 2.05) is 55.9 Å². The first-order chi connectivity index (χ1) is 9.84. The molecule has 0 bridgehead atoms. The fourth-order valence-electron chi connectivity index (χ4n) is 2.34. The second kappa shape index (κ2) is 5.69. The largest absolute Gasteiger partial charge is 0.350 e. The lowest BCUT2D eigenvalue weighted by molar-refractivity contribution is -0.126. The minimum Gasteiger partial charge on any atom is -0.350 e. The molecule has 1 aromatic carbocycles. The fourth-order valence-corrected chi connectivity index (χ4v) is 2.34. The maximum atomic E-state index is 12.4. The lowest BCUT2D eigenvalue weighted by Gasteiger charge is -2.24. The van der Waals surface area contributed by atoms with E-state index in [1.54, 1.807) is 6.92 Å². The van der Waals surface area contributed by atoms with Gasteiger partial charge in [0.15, 0.2) is 0 Å². The summed E-state index contributed by atoms with van der Waals surface area (Å²) in [6, 6.07) is 9.38. The van der Waals surface area contributed by atoms with Crippen molar-refractivity contribution in [2.75, 3.05) is 0 Å². The standard InChI is InChI=1S/C16H22N4O/c1-11-14(12(2)20(4)19-11)10-18-15(21)16(3,17)13-8-6-5-7-9-13/h5-9H,10,17H2,1-4H3,(H,18,21). The van der Waals surface area contributed by atoms with Gasteiger partial charge in [-0.05, 0) is 26.3 Å². The summed E-state index contributed by atoms with van der Waals surface area (Å²) in [5.74, 6) is -0.198. The lowest BCUT2D eigenvalue weighted by atomic mass is 9.92. The monoisotopic (exact) mass is 286 g/mol. The van der Waals surface area contributed by atoms with Gasteiger partial charge in [-0.3, -0.25) is 9.48 Å². The predicted molar refractivity (Wildman–Crippen MR) is 82.5 cm³/mol. The number of nitrogens with zero attached hydrogens (tertiary/aromatic N) is 2. The molecule has 2 rings (SSSR count). The van der Waals surface area contributed by atoms with E-state index in [0.29, 0.717) is 6.54 Å². The zero-order valence-electron chi connectivity index (χ0n) is 13.0. The van der Waals surface area contributed by atoms with Crippen molar-refractivity contribution < 1.29 is 4.79 Å². The number of aryl methyl sites for hydroxylation is 2. The van der Waals surface area contributed by atoms with Gasteiger partial charge >= 0.3 is 0 Å². The second-order valence-electron chi connectivity index (χ2n) is 5.52. The number of nitrogens with one attached hydrogen (secondary N) is 1. The Morgan fingerprint density at radius 1 is 1.33 bits per heavy atom. The molecule has 0 spiro atoms. The zero-order chi connectivity index (χ0) is 15.6. The Labute approximate surface area is 125 Å². The summed E-state index contributed by atoms with van der Waals surface area (Å²) in [6.07, 6.45) is 0. The third kappa shape index (κ3) is 2.97. The van der Waals surface area contributed by atoms with E-state index in [4.69, 9.17) is 5.73 Å². The first-order valence-electron chi connectivity index (χ1n) is 6.96. The quantitative estimate of drug-likeness (QED) is 0.895. The first kappa shape index (κ1) is 15.3. The summed E-state index contributed by atoms with van der Waals surface area (Å²) < 4.78 is 1.82. The molecule has 112 valence electrons. The van der Waals surface area contributed by atoms with Gasteiger partial charge < -0.3 is 11.1 Å². The molecule has 0 aliphatic rings. The van der Waals surface area contributed by atoms with E-state index in [2.05, 4.69) is 10.4 Å². The van der Waals surface area contributed by atoms with Gasteiger partial charge in [-0.25, -0.2) is 0 Å². The van der Waals surface area contributed by atoms with Gasteiger partial charge in [0.05, 0.1) is 5.69 Å². The Morgan fingerprint density at radius 2 is 1.95 bits per heavy atom. The summed E-state index contributed by atoms with van der Waals surface area (Å²) in [4.78, 5) is 12.4. The van der Waals surface area contributed by atoms with Crippen LogP contribution in [0.1, 0.15) is 29.4 Å². The van der Waals surface area contributed by atoms with Gasteiger partial charge in [-0.2, -0.15) is 5.10 Å². The Hall–Kier alpha value is -2.14. The molecule has 0 radical (unpaired) electrons. The molecule has 0 aliphatic carbocycles. The molecule has 0 saturated heterocycles. The van der Waals surface area contributed by atoms with Crippen molar-refractivity contribution in [3.63, 3.8) is 0 Å². The molecule has 2 aromatic rings. The second-order valence-corrected chi connectivity index (χ2v) is 5.52. The van der Waals surface area contributed by atoms with Crippen molar-refractivity contribution in [2.45, 2.75) is 32.9 Å². The average Bonchev–Trinajstić information content (AvgIpc) is 2.70. The Bertz CT molecular complexity index is 644. The van der Waals surface area contributed by atoms with Crippen LogP contribution in [0.5, 0.6) is 0 Å². The number of hydrogen-bond acceptors (Lipinski definition) is 3. The van der Waals surface area contributed by atoms with Crippen LogP contribution in [-0.4, -0.2) is 15.7 Å². The third-order valence-electron chi connectivity index (χ3n) is 3.93. The highest BCUT2D eigenvalue weighted by Crippen LogP contribution is 2.18. The Kier molecular flexibility index (Phi) is 4.14. The molecule has 1 amide bonds. The van der Waals surface area contributed by atoms with Crippen molar-refractivity contribution in [1.82, 2.24) is 15.1 Å². The molecule has 1 atom stereocenters. The molecule has 1 aromatic heterocycles. The Morgan fingerprint density at radius 3 is 2.48 bits per heavy atom. The number of amides is 1. The fraction of sp³-hybridized carbons (Fsp3) is 0.375. The van der Waals surface area contributed by atoms with Crippen molar-refractivity contribution >= 4 is 5.91 Å². The predicted octanol–water partition coefficient (Wildman–Crippen LogP) is 1.53. The minimum absolute atomic E-state index is 0.198. The molecular weight excluding hydrogens is 264 g/mol. The molecule has 1 unspecified atom stereocenters. The summed E-state index contributed by atoms with van der Waals surface area (Å²) >= 11 is 0. The van der Waals surface area contributed by atoms with Crippen LogP contribution in [0.2, 0.25) is 0 Å². The van der Waals surface area contributed by atoms with E-state index >= 15 is 0 Å².